The number of nitrogens with one attached hydrogen (secondary N) is 1. The second-order valence-corrected chi connectivity index (χ2v) is 4.80. The number of halogens is 1. The predicted octanol–water partition coefficient (Wildman–Crippen LogP) is 2.65. The Morgan fingerprint density at radius 2 is 1.62 bits per heavy atom. The Kier molecular flexibility index (Phi) is 3.71. The summed E-state index contributed by atoms with van der Waals surface area (Å²) in [6.45, 7) is 1.38. The molecule has 0 fully saturated rings. The lowest BCUT2D eigenvalue weighted by Gasteiger charge is -2.28. The first-order valence-corrected chi connectivity index (χ1v) is 6.12. The van der Waals surface area contributed by atoms with E-state index in [1.807, 2.05) is 0 Å². The first-order chi connectivity index (χ1) is 9.81. The van der Waals surface area contributed by atoms with E-state index in [4.69, 9.17) is 0 Å². The first-order valence-electron chi connectivity index (χ1n) is 6.12. The molecule has 110 valence electrons. The number of carboxylic acids is 1. The zero-order valence-corrected chi connectivity index (χ0v) is 11.2. The van der Waals surface area contributed by atoms with E-state index in [1.54, 1.807) is 0 Å². The van der Waals surface area contributed by atoms with Gasteiger partial charge in [-0.15, -0.1) is 0 Å². The predicted molar refractivity (Wildman–Crippen MR) is 74.8 cm³/mol. The molecule has 0 saturated carbocycles. The van der Waals surface area contributed by atoms with Gasteiger partial charge in [-0.1, -0.05) is 0 Å². The normalized spacial score (nSPS) is 13.4. The summed E-state index contributed by atoms with van der Waals surface area (Å²) >= 11 is 0. The lowest BCUT2D eigenvalue weighted by atomic mass is 9.91. The molecule has 6 heteroatoms. The number of phenols is 2. The Labute approximate surface area is 120 Å². The number of carbonyl (C=O) groups is 1. The van der Waals surface area contributed by atoms with Crippen molar-refractivity contribution in [2.45, 2.75) is 12.5 Å². The van der Waals surface area contributed by atoms with Crippen molar-refractivity contribution in [3.8, 4) is 11.5 Å². The van der Waals surface area contributed by atoms with Crippen molar-refractivity contribution < 1.29 is 24.5 Å². The Morgan fingerprint density at radius 1 is 1.10 bits per heavy atom. The van der Waals surface area contributed by atoms with E-state index in [9.17, 15) is 24.5 Å². The number of benzene rings is 2. The largest absolute Gasteiger partial charge is 0.508 e. The van der Waals surface area contributed by atoms with Gasteiger partial charge >= 0.3 is 5.97 Å². The summed E-state index contributed by atoms with van der Waals surface area (Å²) < 4.78 is 12.9. The summed E-state index contributed by atoms with van der Waals surface area (Å²) in [5, 5.41) is 31.3. The standard InChI is InChI=1S/C15H14FNO4/c1-15(14(20)21,9-6-12(18)8-13(19)7-9)17-11-4-2-10(16)3-5-11/h2-8,17-19H,1H3,(H,20,21). The SMILES string of the molecule is CC(Nc1ccc(F)cc1)(C(=O)O)c1cc(O)cc(O)c1. The van der Waals surface area contributed by atoms with Crippen molar-refractivity contribution >= 4 is 11.7 Å². The fourth-order valence-electron chi connectivity index (χ4n) is 1.95. The maximum atomic E-state index is 12.9. The smallest absolute Gasteiger partial charge is 0.333 e. The van der Waals surface area contributed by atoms with Crippen molar-refractivity contribution in [3.05, 3.63) is 53.8 Å². The number of phenolic OH excluding ortho intramolecular Hbond substituents is 2. The summed E-state index contributed by atoms with van der Waals surface area (Å²) in [5.74, 6) is -2.15. The molecule has 1 atom stereocenters. The van der Waals surface area contributed by atoms with E-state index in [-0.39, 0.29) is 17.1 Å². The van der Waals surface area contributed by atoms with Crippen LogP contribution in [0.15, 0.2) is 42.5 Å². The number of carboxylic acid groups (broad SMARTS) is 1. The molecule has 2 aromatic carbocycles. The Morgan fingerprint density at radius 3 is 2.10 bits per heavy atom. The molecule has 21 heavy (non-hydrogen) atoms. The molecule has 0 radical (unpaired) electrons. The van der Waals surface area contributed by atoms with Gasteiger partial charge in [0.15, 0.2) is 5.54 Å². The molecule has 5 nitrogen and oxygen atoms in total. The van der Waals surface area contributed by atoms with Crippen LogP contribution in [0.3, 0.4) is 0 Å². The van der Waals surface area contributed by atoms with Gasteiger partial charge in [-0.25, -0.2) is 9.18 Å². The number of rotatable bonds is 4. The molecule has 0 heterocycles. The molecular formula is C15H14FNO4. The lowest BCUT2D eigenvalue weighted by molar-refractivity contribution is -0.142. The fraction of sp³-hybridized carbons (Fsp3) is 0.133. The van der Waals surface area contributed by atoms with Gasteiger partial charge in [0, 0.05) is 11.8 Å². The van der Waals surface area contributed by atoms with E-state index in [0.29, 0.717) is 5.69 Å². The Bertz CT molecular complexity index is 652. The van der Waals surface area contributed by atoms with Gasteiger partial charge < -0.3 is 20.6 Å². The van der Waals surface area contributed by atoms with Crippen LogP contribution in [0.2, 0.25) is 0 Å². The summed E-state index contributed by atoms with van der Waals surface area (Å²) in [4.78, 5) is 11.6. The van der Waals surface area contributed by atoms with Crippen LogP contribution in [0.1, 0.15) is 12.5 Å². The molecule has 0 amide bonds. The third-order valence-corrected chi connectivity index (χ3v) is 3.15. The quantitative estimate of drug-likeness (QED) is 0.695. The molecule has 0 bridgehead atoms. The number of anilines is 1. The van der Waals surface area contributed by atoms with Gasteiger partial charge in [-0.2, -0.15) is 0 Å². The first kappa shape index (κ1) is 14.6. The maximum absolute atomic E-state index is 12.9. The summed E-state index contributed by atoms with van der Waals surface area (Å²) in [5.41, 5.74) is -1.05. The van der Waals surface area contributed by atoms with Crippen molar-refractivity contribution in [1.82, 2.24) is 0 Å². The van der Waals surface area contributed by atoms with E-state index in [0.717, 1.165) is 6.07 Å². The number of aromatic hydroxyl groups is 2. The number of hydrogen-bond acceptors (Lipinski definition) is 4. The second kappa shape index (κ2) is 5.32. The van der Waals surface area contributed by atoms with Gasteiger partial charge in [-0.3, -0.25) is 0 Å². The van der Waals surface area contributed by atoms with Crippen LogP contribution in [0, 0.1) is 5.82 Å². The molecule has 0 aromatic heterocycles. The highest BCUT2D eigenvalue weighted by Gasteiger charge is 2.36. The fourth-order valence-corrected chi connectivity index (χ4v) is 1.95. The van der Waals surface area contributed by atoms with Gasteiger partial charge in [0.25, 0.3) is 0 Å². The summed E-state index contributed by atoms with van der Waals surface area (Å²) in [6.07, 6.45) is 0. The average Bonchev–Trinajstić information content (AvgIpc) is 2.40. The Hall–Kier alpha value is -2.76. The van der Waals surface area contributed by atoms with Crippen LogP contribution in [-0.4, -0.2) is 21.3 Å². The third-order valence-electron chi connectivity index (χ3n) is 3.15. The van der Waals surface area contributed by atoms with Crippen LogP contribution in [-0.2, 0) is 10.3 Å². The van der Waals surface area contributed by atoms with Crippen LogP contribution in [0.25, 0.3) is 0 Å². The average molecular weight is 291 g/mol. The Balaban J connectivity index is 2.44. The lowest BCUT2D eigenvalue weighted by Crippen LogP contribution is -2.40. The zero-order valence-electron chi connectivity index (χ0n) is 11.2. The van der Waals surface area contributed by atoms with Crippen LogP contribution in [0.4, 0.5) is 10.1 Å². The molecule has 0 aliphatic heterocycles. The highest BCUT2D eigenvalue weighted by Crippen LogP contribution is 2.32. The van der Waals surface area contributed by atoms with E-state index in [2.05, 4.69) is 5.32 Å². The van der Waals surface area contributed by atoms with Crippen molar-refractivity contribution in [3.63, 3.8) is 0 Å². The minimum atomic E-state index is -1.60. The second-order valence-electron chi connectivity index (χ2n) is 4.80. The molecule has 1 unspecified atom stereocenters. The summed E-state index contributed by atoms with van der Waals surface area (Å²) in [6, 6.07) is 8.78. The van der Waals surface area contributed by atoms with Crippen LogP contribution in [0.5, 0.6) is 11.5 Å². The molecule has 2 aromatic rings. The molecule has 0 saturated heterocycles. The number of hydrogen-bond donors (Lipinski definition) is 4. The molecule has 2 rings (SSSR count). The molecule has 0 spiro atoms. The van der Waals surface area contributed by atoms with Crippen molar-refractivity contribution in [1.29, 1.82) is 0 Å². The molecular weight excluding hydrogens is 277 g/mol. The van der Waals surface area contributed by atoms with E-state index in [1.165, 1.54) is 43.3 Å². The molecule has 4 N–H and O–H groups in total. The van der Waals surface area contributed by atoms with E-state index >= 15 is 0 Å². The minimum absolute atomic E-state index is 0.164. The van der Waals surface area contributed by atoms with Gasteiger partial charge in [0.1, 0.15) is 17.3 Å². The van der Waals surface area contributed by atoms with Gasteiger partial charge in [0.05, 0.1) is 0 Å². The number of aliphatic carboxylic acids is 1. The maximum Gasteiger partial charge on any atom is 0.333 e. The zero-order chi connectivity index (χ0) is 15.6. The van der Waals surface area contributed by atoms with Crippen molar-refractivity contribution in [2.75, 3.05) is 5.32 Å². The van der Waals surface area contributed by atoms with Gasteiger partial charge in [-0.05, 0) is 48.9 Å². The summed E-state index contributed by atoms with van der Waals surface area (Å²) in [7, 11) is 0. The topological polar surface area (TPSA) is 89.8 Å². The monoisotopic (exact) mass is 291 g/mol. The van der Waals surface area contributed by atoms with Crippen LogP contribution >= 0.6 is 0 Å². The van der Waals surface area contributed by atoms with Crippen LogP contribution < -0.4 is 5.32 Å². The highest BCUT2D eigenvalue weighted by atomic mass is 19.1. The third kappa shape index (κ3) is 3.05. The molecule has 0 aliphatic rings. The van der Waals surface area contributed by atoms with E-state index < -0.39 is 17.3 Å². The molecule has 0 aliphatic carbocycles. The minimum Gasteiger partial charge on any atom is -0.508 e. The van der Waals surface area contributed by atoms with Crippen molar-refractivity contribution in [2.24, 2.45) is 0 Å². The van der Waals surface area contributed by atoms with Gasteiger partial charge in [0.2, 0.25) is 0 Å². The highest BCUT2D eigenvalue weighted by molar-refractivity contribution is 5.84.